The zero-order chi connectivity index (χ0) is 14.5. The second kappa shape index (κ2) is 4.54. The quantitative estimate of drug-likeness (QED) is 0.827. The summed E-state index contributed by atoms with van der Waals surface area (Å²) >= 11 is 0. The molecule has 6 nitrogen and oxygen atoms in total. The van der Waals surface area contributed by atoms with E-state index in [4.69, 9.17) is 5.73 Å². The molecule has 1 aromatic rings. The summed E-state index contributed by atoms with van der Waals surface area (Å²) in [5.74, 6) is -0.0160. The number of nitrogens with two attached hydrogens (primary N) is 1. The van der Waals surface area contributed by atoms with Gasteiger partial charge in [0, 0.05) is 31.9 Å². The van der Waals surface area contributed by atoms with Crippen molar-refractivity contribution in [1.82, 2.24) is 4.31 Å². The Morgan fingerprint density at radius 2 is 2.10 bits per heavy atom. The molecule has 1 aromatic carbocycles. The Morgan fingerprint density at radius 1 is 1.35 bits per heavy atom. The van der Waals surface area contributed by atoms with Crippen LogP contribution in [0.5, 0.6) is 0 Å². The van der Waals surface area contributed by atoms with Gasteiger partial charge in [-0.1, -0.05) is 0 Å². The van der Waals surface area contributed by atoms with Gasteiger partial charge in [-0.05, 0) is 30.2 Å². The van der Waals surface area contributed by atoms with Gasteiger partial charge in [0.15, 0.2) is 0 Å². The maximum absolute atomic E-state index is 12.5. The molecule has 0 unspecified atom stereocenters. The Labute approximate surface area is 118 Å². The number of hydrogen-bond donors (Lipinski definition) is 1. The SMILES string of the molecule is CN1C(=O)Cc2cc(S(=O)(=O)N3CC[C@@H](N)C3)ccc21. The minimum absolute atomic E-state index is 0.0160. The average Bonchev–Trinajstić information content (AvgIpc) is 2.95. The van der Waals surface area contributed by atoms with Gasteiger partial charge in [-0.25, -0.2) is 8.42 Å². The molecule has 0 bridgehead atoms. The van der Waals surface area contributed by atoms with E-state index in [1.807, 2.05) is 0 Å². The summed E-state index contributed by atoms with van der Waals surface area (Å²) in [5.41, 5.74) is 7.32. The fourth-order valence-electron chi connectivity index (χ4n) is 2.73. The average molecular weight is 295 g/mol. The fourth-order valence-corrected chi connectivity index (χ4v) is 4.29. The molecule has 2 aliphatic rings. The number of amides is 1. The Bertz CT molecular complexity index is 671. The fraction of sp³-hybridized carbons (Fsp3) is 0.462. The van der Waals surface area contributed by atoms with E-state index in [0.717, 1.165) is 11.3 Å². The predicted octanol–water partition coefficient (Wildman–Crippen LogP) is -0.0728. The maximum Gasteiger partial charge on any atom is 0.243 e. The summed E-state index contributed by atoms with van der Waals surface area (Å²) in [6.07, 6.45) is 0.945. The van der Waals surface area contributed by atoms with Crippen LogP contribution in [0.4, 0.5) is 5.69 Å². The van der Waals surface area contributed by atoms with Crippen LogP contribution in [0.15, 0.2) is 23.1 Å². The Balaban J connectivity index is 1.96. The molecule has 7 heteroatoms. The lowest BCUT2D eigenvalue weighted by molar-refractivity contribution is -0.117. The first-order chi connectivity index (χ1) is 9.39. The smallest absolute Gasteiger partial charge is 0.243 e. The highest BCUT2D eigenvalue weighted by atomic mass is 32.2. The van der Waals surface area contributed by atoms with Gasteiger partial charge in [0.25, 0.3) is 0 Å². The van der Waals surface area contributed by atoms with Crippen molar-refractivity contribution in [3.8, 4) is 0 Å². The van der Waals surface area contributed by atoms with Crippen molar-refractivity contribution < 1.29 is 13.2 Å². The molecular formula is C13H17N3O3S. The maximum atomic E-state index is 12.5. The largest absolute Gasteiger partial charge is 0.326 e. The standard InChI is InChI=1S/C13H17N3O3S/c1-15-12-3-2-11(6-9(12)7-13(15)17)20(18,19)16-5-4-10(14)8-16/h2-3,6,10H,4-5,7-8,14H2,1H3/t10-/m1/s1. The number of benzene rings is 1. The van der Waals surface area contributed by atoms with Gasteiger partial charge < -0.3 is 10.6 Å². The van der Waals surface area contributed by atoms with E-state index >= 15 is 0 Å². The van der Waals surface area contributed by atoms with E-state index in [0.29, 0.717) is 19.5 Å². The molecule has 1 fully saturated rings. The van der Waals surface area contributed by atoms with Crippen LogP contribution < -0.4 is 10.6 Å². The summed E-state index contributed by atoms with van der Waals surface area (Å²) < 4.78 is 26.4. The van der Waals surface area contributed by atoms with Crippen molar-refractivity contribution in [2.45, 2.75) is 23.8 Å². The molecule has 1 amide bonds. The highest BCUT2D eigenvalue weighted by molar-refractivity contribution is 7.89. The molecule has 0 radical (unpaired) electrons. The topological polar surface area (TPSA) is 83.7 Å². The summed E-state index contributed by atoms with van der Waals surface area (Å²) in [6.45, 7) is 0.817. The molecule has 0 aliphatic carbocycles. The number of carbonyl (C=O) groups is 1. The number of fused-ring (bicyclic) bond motifs is 1. The third kappa shape index (κ3) is 2.02. The lowest BCUT2D eigenvalue weighted by Gasteiger charge is -2.17. The molecule has 1 atom stereocenters. The van der Waals surface area contributed by atoms with E-state index < -0.39 is 10.0 Å². The lowest BCUT2D eigenvalue weighted by atomic mass is 10.2. The van der Waals surface area contributed by atoms with Crippen LogP contribution in [0.25, 0.3) is 0 Å². The summed E-state index contributed by atoms with van der Waals surface area (Å²) in [4.78, 5) is 13.4. The predicted molar refractivity (Wildman–Crippen MR) is 74.9 cm³/mol. The van der Waals surface area contributed by atoms with Crippen LogP contribution in [0.1, 0.15) is 12.0 Å². The van der Waals surface area contributed by atoms with Gasteiger partial charge in [0.05, 0.1) is 11.3 Å². The number of nitrogens with zero attached hydrogens (tertiary/aromatic N) is 2. The molecule has 2 aliphatic heterocycles. The van der Waals surface area contributed by atoms with Crippen LogP contribution in [0.3, 0.4) is 0 Å². The van der Waals surface area contributed by atoms with Gasteiger partial charge in [-0.15, -0.1) is 0 Å². The second-order valence-electron chi connectivity index (χ2n) is 5.33. The van der Waals surface area contributed by atoms with Crippen molar-refractivity contribution in [2.75, 3.05) is 25.0 Å². The Kier molecular flexibility index (Phi) is 3.07. The number of carbonyl (C=O) groups excluding carboxylic acids is 1. The zero-order valence-corrected chi connectivity index (χ0v) is 12.1. The minimum Gasteiger partial charge on any atom is -0.326 e. The Morgan fingerprint density at radius 3 is 2.75 bits per heavy atom. The Hall–Kier alpha value is -1.44. The van der Waals surface area contributed by atoms with Crippen molar-refractivity contribution >= 4 is 21.6 Å². The van der Waals surface area contributed by atoms with Gasteiger partial charge in [-0.3, -0.25) is 4.79 Å². The molecule has 2 heterocycles. The van der Waals surface area contributed by atoms with E-state index in [-0.39, 0.29) is 23.3 Å². The normalized spacial score (nSPS) is 23.4. The minimum atomic E-state index is -3.50. The van der Waals surface area contributed by atoms with Gasteiger partial charge in [-0.2, -0.15) is 4.31 Å². The van der Waals surface area contributed by atoms with Gasteiger partial charge in [0.1, 0.15) is 0 Å². The number of rotatable bonds is 2. The molecule has 0 aromatic heterocycles. The molecule has 3 rings (SSSR count). The van der Waals surface area contributed by atoms with Gasteiger partial charge >= 0.3 is 0 Å². The van der Waals surface area contributed by atoms with Crippen LogP contribution in [-0.4, -0.2) is 44.8 Å². The first-order valence-corrected chi connectivity index (χ1v) is 7.99. The molecule has 2 N–H and O–H groups in total. The third-order valence-electron chi connectivity index (χ3n) is 3.95. The van der Waals surface area contributed by atoms with Crippen molar-refractivity contribution in [3.05, 3.63) is 23.8 Å². The molecule has 1 saturated heterocycles. The van der Waals surface area contributed by atoms with Crippen molar-refractivity contribution in [3.63, 3.8) is 0 Å². The first-order valence-electron chi connectivity index (χ1n) is 6.55. The van der Waals surface area contributed by atoms with E-state index in [9.17, 15) is 13.2 Å². The van der Waals surface area contributed by atoms with Crippen molar-refractivity contribution in [2.24, 2.45) is 5.73 Å². The molecule has 108 valence electrons. The number of sulfonamides is 1. The van der Waals surface area contributed by atoms with Gasteiger partial charge in [0.2, 0.25) is 15.9 Å². The van der Waals surface area contributed by atoms with E-state index in [1.54, 1.807) is 30.1 Å². The number of likely N-dealkylation sites (N-methyl/N-ethyl adjacent to an activating group) is 1. The summed E-state index contributed by atoms with van der Waals surface area (Å²) in [5, 5.41) is 0. The summed E-state index contributed by atoms with van der Waals surface area (Å²) in [6, 6.07) is 4.78. The summed E-state index contributed by atoms with van der Waals surface area (Å²) in [7, 11) is -1.81. The first kappa shape index (κ1) is 13.5. The van der Waals surface area contributed by atoms with Crippen LogP contribution in [0, 0.1) is 0 Å². The molecule has 20 heavy (non-hydrogen) atoms. The highest BCUT2D eigenvalue weighted by Crippen LogP contribution is 2.31. The lowest BCUT2D eigenvalue weighted by Crippen LogP contribution is -2.32. The van der Waals surface area contributed by atoms with Crippen LogP contribution >= 0.6 is 0 Å². The second-order valence-corrected chi connectivity index (χ2v) is 7.27. The molecule has 0 saturated carbocycles. The monoisotopic (exact) mass is 295 g/mol. The zero-order valence-electron chi connectivity index (χ0n) is 11.2. The highest BCUT2D eigenvalue weighted by Gasteiger charge is 2.32. The molecule has 0 spiro atoms. The van der Waals surface area contributed by atoms with Crippen LogP contribution in [0.2, 0.25) is 0 Å². The molecular weight excluding hydrogens is 278 g/mol. The van der Waals surface area contributed by atoms with Crippen molar-refractivity contribution in [1.29, 1.82) is 0 Å². The third-order valence-corrected chi connectivity index (χ3v) is 5.81. The number of hydrogen-bond acceptors (Lipinski definition) is 4. The van der Waals surface area contributed by atoms with Crippen LogP contribution in [-0.2, 0) is 21.2 Å². The van der Waals surface area contributed by atoms with E-state index in [1.165, 1.54) is 4.31 Å². The number of anilines is 1. The van der Waals surface area contributed by atoms with E-state index in [2.05, 4.69) is 0 Å².